The standard InChI is InChI=1S/C7H15NO5/c1-13-3-5(10)7(12)6(11)4(8)2-9/h2,4-7,10-12H,3,8H2,1H3. The first-order valence-electron chi connectivity index (χ1n) is 3.78. The first-order valence-corrected chi connectivity index (χ1v) is 3.78. The molecule has 6 nitrogen and oxygen atoms in total. The first kappa shape index (κ1) is 12.5. The number of aliphatic hydroxyl groups excluding tert-OH is 3. The van der Waals surface area contributed by atoms with Crippen molar-refractivity contribution in [2.75, 3.05) is 13.7 Å². The molecule has 0 aromatic rings. The van der Waals surface area contributed by atoms with Crippen molar-refractivity contribution in [3.05, 3.63) is 0 Å². The smallest absolute Gasteiger partial charge is 0.139 e. The molecule has 0 heterocycles. The molecule has 0 spiro atoms. The molecule has 13 heavy (non-hydrogen) atoms. The summed E-state index contributed by atoms with van der Waals surface area (Å²) in [5, 5.41) is 27.5. The number of hydrogen-bond acceptors (Lipinski definition) is 6. The van der Waals surface area contributed by atoms with Gasteiger partial charge in [0.15, 0.2) is 0 Å². The number of ether oxygens (including phenoxy) is 1. The van der Waals surface area contributed by atoms with E-state index in [0.717, 1.165) is 0 Å². The summed E-state index contributed by atoms with van der Waals surface area (Å²) in [6.45, 7) is -0.135. The minimum atomic E-state index is -1.49. The van der Waals surface area contributed by atoms with E-state index in [2.05, 4.69) is 4.74 Å². The van der Waals surface area contributed by atoms with Crippen LogP contribution in [0.5, 0.6) is 0 Å². The van der Waals surface area contributed by atoms with Gasteiger partial charge < -0.3 is 30.6 Å². The molecule has 0 aliphatic carbocycles. The molecule has 4 atom stereocenters. The van der Waals surface area contributed by atoms with Gasteiger partial charge in [-0.05, 0) is 0 Å². The van der Waals surface area contributed by atoms with Crippen molar-refractivity contribution < 1.29 is 24.9 Å². The van der Waals surface area contributed by atoms with E-state index >= 15 is 0 Å². The number of nitrogens with two attached hydrogens (primary N) is 1. The molecular weight excluding hydrogens is 178 g/mol. The summed E-state index contributed by atoms with van der Waals surface area (Å²) in [6, 6.07) is -1.21. The third-order valence-electron chi connectivity index (χ3n) is 1.63. The van der Waals surface area contributed by atoms with Crippen molar-refractivity contribution in [3.8, 4) is 0 Å². The van der Waals surface area contributed by atoms with Crippen LogP contribution in [-0.2, 0) is 9.53 Å². The van der Waals surface area contributed by atoms with Crippen LogP contribution >= 0.6 is 0 Å². The number of carbonyl (C=O) groups excluding carboxylic acids is 1. The molecule has 0 radical (unpaired) electrons. The lowest BCUT2D eigenvalue weighted by atomic mass is 10.0. The van der Waals surface area contributed by atoms with E-state index in [1.165, 1.54) is 7.11 Å². The fourth-order valence-corrected chi connectivity index (χ4v) is 0.805. The summed E-state index contributed by atoms with van der Waals surface area (Å²) in [5.74, 6) is 0. The highest BCUT2D eigenvalue weighted by Gasteiger charge is 2.28. The Hall–Kier alpha value is -0.530. The Kier molecular flexibility index (Phi) is 5.76. The number of rotatable bonds is 6. The molecule has 0 fully saturated rings. The lowest BCUT2D eigenvalue weighted by molar-refractivity contribution is -0.118. The normalized spacial score (nSPS) is 20.4. The molecule has 0 aliphatic rings. The SMILES string of the molecule is COCC(O)C(O)C(O)C(N)C=O. The van der Waals surface area contributed by atoms with Crippen LogP contribution in [0.3, 0.4) is 0 Å². The molecule has 0 aromatic carbocycles. The molecule has 78 valence electrons. The van der Waals surface area contributed by atoms with E-state index in [1.54, 1.807) is 0 Å². The number of carbonyl (C=O) groups is 1. The van der Waals surface area contributed by atoms with Crippen molar-refractivity contribution in [3.63, 3.8) is 0 Å². The topological polar surface area (TPSA) is 113 Å². The zero-order chi connectivity index (χ0) is 10.4. The Morgan fingerprint density at radius 3 is 2.31 bits per heavy atom. The van der Waals surface area contributed by atoms with E-state index < -0.39 is 24.4 Å². The maximum Gasteiger partial charge on any atom is 0.139 e. The largest absolute Gasteiger partial charge is 0.388 e. The van der Waals surface area contributed by atoms with Gasteiger partial charge in [0.2, 0.25) is 0 Å². The highest BCUT2D eigenvalue weighted by atomic mass is 16.5. The van der Waals surface area contributed by atoms with E-state index in [4.69, 9.17) is 15.9 Å². The predicted molar refractivity (Wildman–Crippen MR) is 43.9 cm³/mol. The zero-order valence-corrected chi connectivity index (χ0v) is 7.33. The molecule has 0 bridgehead atoms. The van der Waals surface area contributed by atoms with Crippen LogP contribution in [-0.4, -0.2) is 59.7 Å². The average Bonchev–Trinajstić information content (AvgIpc) is 2.14. The fraction of sp³-hybridized carbons (Fsp3) is 0.857. The van der Waals surface area contributed by atoms with Gasteiger partial charge in [0, 0.05) is 7.11 Å². The molecule has 6 heteroatoms. The average molecular weight is 193 g/mol. The number of hydrogen-bond donors (Lipinski definition) is 4. The Labute approximate surface area is 75.9 Å². The lowest BCUT2D eigenvalue weighted by Crippen LogP contribution is -2.50. The fourth-order valence-electron chi connectivity index (χ4n) is 0.805. The zero-order valence-electron chi connectivity index (χ0n) is 7.33. The minimum absolute atomic E-state index is 0.135. The van der Waals surface area contributed by atoms with Crippen LogP contribution in [0.4, 0.5) is 0 Å². The highest BCUT2D eigenvalue weighted by molar-refractivity contribution is 5.58. The maximum atomic E-state index is 10.1. The summed E-state index contributed by atoms with van der Waals surface area (Å²) in [4.78, 5) is 10.1. The van der Waals surface area contributed by atoms with Gasteiger partial charge in [0.25, 0.3) is 0 Å². The maximum absolute atomic E-state index is 10.1. The molecular formula is C7H15NO5. The molecule has 0 aliphatic heterocycles. The van der Waals surface area contributed by atoms with Crippen molar-refractivity contribution in [2.24, 2.45) is 5.73 Å². The Morgan fingerprint density at radius 1 is 1.38 bits per heavy atom. The van der Waals surface area contributed by atoms with Crippen molar-refractivity contribution in [1.82, 2.24) is 0 Å². The summed E-state index contributed by atoms with van der Waals surface area (Å²) < 4.78 is 4.54. The first-order chi connectivity index (χ1) is 6.04. The lowest BCUT2D eigenvalue weighted by Gasteiger charge is -2.23. The number of aldehydes is 1. The molecule has 0 amide bonds. The molecule has 0 saturated carbocycles. The second-order valence-corrected chi connectivity index (χ2v) is 2.72. The molecule has 0 aromatic heterocycles. The van der Waals surface area contributed by atoms with E-state index in [0.29, 0.717) is 6.29 Å². The van der Waals surface area contributed by atoms with Crippen molar-refractivity contribution in [1.29, 1.82) is 0 Å². The molecule has 5 N–H and O–H groups in total. The van der Waals surface area contributed by atoms with Gasteiger partial charge in [-0.25, -0.2) is 0 Å². The summed E-state index contributed by atoms with van der Waals surface area (Å²) in [7, 11) is 1.34. The van der Waals surface area contributed by atoms with E-state index in [-0.39, 0.29) is 6.61 Å². The van der Waals surface area contributed by atoms with Gasteiger partial charge in [0.1, 0.15) is 24.6 Å². The number of aliphatic hydroxyl groups is 3. The van der Waals surface area contributed by atoms with Crippen LogP contribution in [0.25, 0.3) is 0 Å². The monoisotopic (exact) mass is 193 g/mol. The summed E-state index contributed by atoms with van der Waals surface area (Å²) >= 11 is 0. The van der Waals surface area contributed by atoms with Crippen LogP contribution in [0.15, 0.2) is 0 Å². The van der Waals surface area contributed by atoms with Crippen LogP contribution in [0.2, 0.25) is 0 Å². The third kappa shape index (κ3) is 3.79. The van der Waals surface area contributed by atoms with Gasteiger partial charge in [-0.15, -0.1) is 0 Å². The van der Waals surface area contributed by atoms with E-state index in [9.17, 15) is 9.90 Å². The van der Waals surface area contributed by atoms with Crippen LogP contribution < -0.4 is 5.73 Å². The Bertz CT molecular complexity index is 154. The summed E-state index contributed by atoms with van der Waals surface area (Å²) in [5.41, 5.74) is 5.12. The van der Waals surface area contributed by atoms with Crippen LogP contribution in [0, 0.1) is 0 Å². The molecule has 0 rings (SSSR count). The number of methoxy groups -OCH3 is 1. The van der Waals surface area contributed by atoms with Crippen molar-refractivity contribution in [2.45, 2.75) is 24.4 Å². The van der Waals surface area contributed by atoms with Crippen molar-refractivity contribution >= 4 is 6.29 Å². The second kappa shape index (κ2) is 6.01. The van der Waals surface area contributed by atoms with E-state index in [1.807, 2.05) is 0 Å². The predicted octanol–water partition coefficient (Wildman–Crippen LogP) is -2.76. The second-order valence-electron chi connectivity index (χ2n) is 2.72. The van der Waals surface area contributed by atoms with Gasteiger partial charge in [-0.3, -0.25) is 0 Å². The quantitative estimate of drug-likeness (QED) is 0.340. The highest BCUT2D eigenvalue weighted by Crippen LogP contribution is 2.02. The Balaban J connectivity index is 4.06. The Morgan fingerprint density at radius 2 is 1.92 bits per heavy atom. The molecule has 0 saturated heterocycles. The third-order valence-corrected chi connectivity index (χ3v) is 1.63. The van der Waals surface area contributed by atoms with Gasteiger partial charge in [0.05, 0.1) is 12.6 Å². The van der Waals surface area contributed by atoms with Gasteiger partial charge in [-0.2, -0.15) is 0 Å². The summed E-state index contributed by atoms with van der Waals surface area (Å²) in [6.07, 6.45) is -3.93. The van der Waals surface area contributed by atoms with Gasteiger partial charge in [-0.1, -0.05) is 0 Å². The minimum Gasteiger partial charge on any atom is -0.388 e. The van der Waals surface area contributed by atoms with Crippen LogP contribution in [0.1, 0.15) is 0 Å². The molecule has 4 unspecified atom stereocenters. The van der Waals surface area contributed by atoms with Gasteiger partial charge >= 0.3 is 0 Å².